The fraction of sp³-hybridized carbons (Fsp3) is 1.00. The maximum absolute atomic E-state index is 9.76. The average molecular weight is 259 g/mol. The van der Waals surface area contributed by atoms with Crippen LogP contribution in [0.4, 0.5) is 0 Å². The highest BCUT2D eigenvalue weighted by atomic mass is 16.3. The smallest absolute Gasteiger partial charge is 0.0821 e. The zero-order valence-corrected chi connectivity index (χ0v) is 12.9. The van der Waals surface area contributed by atoms with Gasteiger partial charge in [-0.05, 0) is 38.3 Å². The SMILES string of the molecule is CC(C)CN(C)CCCCCC(O)C(O)C(C)C. The van der Waals surface area contributed by atoms with E-state index in [2.05, 4.69) is 25.8 Å². The molecule has 0 aliphatic heterocycles. The predicted molar refractivity (Wildman–Crippen MR) is 77.7 cm³/mol. The number of aliphatic hydroxyl groups is 2. The van der Waals surface area contributed by atoms with Crippen LogP contribution in [-0.2, 0) is 0 Å². The lowest BCUT2D eigenvalue weighted by atomic mass is 9.97. The monoisotopic (exact) mass is 259 g/mol. The Hall–Kier alpha value is -0.120. The van der Waals surface area contributed by atoms with E-state index >= 15 is 0 Å². The zero-order valence-electron chi connectivity index (χ0n) is 12.9. The molecule has 2 unspecified atom stereocenters. The average Bonchev–Trinajstić information content (AvgIpc) is 2.26. The van der Waals surface area contributed by atoms with Crippen molar-refractivity contribution in [1.29, 1.82) is 0 Å². The van der Waals surface area contributed by atoms with E-state index < -0.39 is 12.2 Å². The van der Waals surface area contributed by atoms with Crippen molar-refractivity contribution in [3.8, 4) is 0 Å². The van der Waals surface area contributed by atoms with Crippen molar-refractivity contribution in [3.63, 3.8) is 0 Å². The van der Waals surface area contributed by atoms with Gasteiger partial charge in [-0.2, -0.15) is 0 Å². The van der Waals surface area contributed by atoms with E-state index in [4.69, 9.17) is 0 Å². The lowest BCUT2D eigenvalue weighted by Gasteiger charge is -2.21. The lowest BCUT2D eigenvalue weighted by Crippen LogP contribution is -2.30. The van der Waals surface area contributed by atoms with Crippen LogP contribution in [0.3, 0.4) is 0 Å². The van der Waals surface area contributed by atoms with Crippen molar-refractivity contribution in [1.82, 2.24) is 4.90 Å². The van der Waals surface area contributed by atoms with Gasteiger partial charge in [0.2, 0.25) is 0 Å². The number of hydrogen-bond acceptors (Lipinski definition) is 3. The Balaban J connectivity index is 3.51. The molecule has 0 fully saturated rings. The zero-order chi connectivity index (χ0) is 14.1. The van der Waals surface area contributed by atoms with Crippen LogP contribution in [0.2, 0.25) is 0 Å². The molecule has 110 valence electrons. The van der Waals surface area contributed by atoms with E-state index in [0.717, 1.165) is 31.8 Å². The molecule has 0 aromatic heterocycles. The summed E-state index contributed by atoms with van der Waals surface area (Å²) in [5, 5.41) is 19.4. The van der Waals surface area contributed by atoms with Crippen molar-refractivity contribution < 1.29 is 10.2 Å². The van der Waals surface area contributed by atoms with Crippen LogP contribution in [0.1, 0.15) is 53.4 Å². The van der Waals surface area contributed by atoms with Crippen LogP contribution in [0.5, 0.6) is 0 Å². The minimum atomic E-state index is -0.575. The second-order valence-electron chi connectivity index (χ2n) is 6.31. The molecule has 0 radical (unpaired) electrons. The molecule has 0 amide bonds. The minimum absolute atomic E-state index is 0.136. The second kappa shape index (κ2) is 9.76. The maximum atomic E-state index is 9.76. The first-order valence-corrected chi connectivity index (χ1v) is 7.39. The number of rotatable bonds is 10. The first kappa shape index (κ1) is 17.9. The van der Waals surface area contributed by atoms with Gasteiger partial charge >= 0.3 is 0 Å². The van der Waals surface area contributed by atoms with Gasteiger partial charge in [0, 0.05) is 6.54 Å². The summed E-state index contributed by atoms with van der Waals surface area (Å²) in [7, 11) is 2.16. The van der Waals surface area contributed by atoms with Gasteiger partial charge in [0.25, 0.3) is 0 Å². The molecule has 18 heavy (non-hydrogen) atoms. The summed E-state index contributed by atoms with van der Waals surface area (Å²) in [6.45, 7) is 10.6. The number of aliphatic hydroxyl groups excluding tert-OH is 2. The van der Waals surface area contributed by atoms with Crippen LogP contribution in [0, 0.1) is 11.8 Å². The normalized spacial score (nSPS) is 15.7. The number of nitrogens with zero attached hydrogens (tertiary/aromatic N) is 1. The summed E-state index contributed by atoms with van der Waals surface area (Å²) in [5.41, 5.74) is 0. The quantitative estimate of drug-likeness (QED) is 0.593. The first-order chi connectivity index (χ1) is 8.34. The molecule has 0 bridgehead atoms. The first-order valence-electron chi connectivity index (χ1n) is 7.39. The molecule has 3 heteroatoms. The molecule has 0 heterocycles. The molecule has 0 rings (SSSR count). The van der Waals surface area contributed by atoms with Crippen LogP contribution < -0.4 is 0 Å². The van der Waals surface area contributed by atoms with Crippen molar-refractivity contribution in [2.75, 3.05) is 20.1 Å². The summed E-state index contributed by atoms with van der Waals surface area (Å²) in [6.07, 6.45) is 2.89. The Morgan fingerprint density at radius 3 is 2.06 bits per heavy atom. The molecule has 0 aromatic rings. The summed E-state index contributed by atoms with van der Waals surface area (Å²) < 4.78 is 0. The van der Waals surface area contributed by atoms with Crippen molar-refractivity contribution in [2.45, 2.75) is 65.6 Å². The molecule has 2 atom stereocenters. The van der Waals surface area contributed by atoms with Gasteiger partial charge in [-0.1, -0.05) is 40.5 Å². The molecule has 0 spiro atoms. The van der Waals surface area contributed by atoms with Crippen LogP contribution >= 0.6 is 0 Å². The fourth-order valence-electron chi connectivity index (χ4n) is 2.24. The molecule has 0 saturated carbocycles. The highest BCUT2D eigenvalue weighted by Gasteiger charge is 2.18. The van der Waals surface area contributed by atoms with E-state index in [9.17, 15) is 10.2 Å². The molecular weight excluding hydrogens is 226 g/mol. The topological polar surface area (TPSA) is 43.7 Å². The minimum Gasteiger partial charge on any atom is -0.390 e. The van der Waals surface area contributed by atoms with Gasteiger partial charge in [0.1, 0.15) is 0 Å². The van der Waals surface area contributed by atoms with Crippen LogP contribution in [0.15, 0.2) is 0 Å². The van der Waals surface area contributed by atoms with Gasteiger partial charge < -0.3 is 15.1 Å². The van der Waals surface area contributed by atoms with E-state index in [1.807, 2.05) is 13.8 Å². The Morgan fingerprint density at radius 2 is 1.56 bits per heavy atom. The third kappa shape index (κ3) is 8.90. The van der Waals surface area contributed by atoms with Crippen molar-refractivity contribution >= 4 is 0 Å². The Labute approximate surface area is 113 Å². The summed E-state index contributed by atoms with van der Waals surface area (Å²) >= 11 is 0. The van der Waals surface area contributed by atoms with Crippen molar-refractivity contribution in [2.24, 2.45) is 11.8 Å². The highest BCUT2D eigenvalue weighted by molar-refractivity contribution is 4.70. The molecule has 0 aliphatic rings. The van der Waals surface area contributed by atoms with Gasteiger partial charge in [0.05, 0.1) is 12.2 Å². The van der Waals surface area contributed by atoms with E-state index in [-0.39, 0.29) is 5.92 Å². The summed E-state index contributed by atoms with van der Waals surface area (Å²) in [4.78, 5) is 2.37. The lowest BCUT2D eigenvalue weighted by molar-refractivity contribution is -0.0133. The van der Waals surface area contributed by atoms with E-state index in [0.29, 0.717) is 6.42 Å². The highest BCUT2D eigenvalue weighted by Crippen LogP contribution is 2.13. The molecule has 0 aromatic carbocycles. The van der Waals surface area contributed by atoms with Gasteiger partial charge in [-0.25, -0.2) is 0 Å². The van der Waals surface area contributed by atoms with Gasteiger partial charge in [-0.15, -0.1) is 0 Å². The number of unbranched alkanes of at least 4 members (excludes halogenated alkanes) is 2. The largest absolute Gasteiger partial charge is 0.390 e. The Kier molecular flexibility index (Phi) is 9.70. The third-order valence-electron chi connectivity index (χ3n) is 3.29. The standard InChI is InChI=1S/C15H33NO2/c1-12(2)11-16(5)10-8-6-7-9-14(17)15(18)13(3)4/h12-15,17-18H,6-11H2,1-5H3. The summed E-state index contributed by atoms with van der Waals surface area (Å²) in [6, 6.07) is 0. The van der Waals surface area contributed by atoms with Gasteiger partial charge in [-0.3, -0.25) is 0 Å². The van der Waals surface area contributed by atoms with Gasteiger partial charge in [0.15, 0.2) is 0 Å². The summed E-state index contributed by atoms with van der Waals surface area (Å²) in [5.74, 6) is 0.857. The van der Waals surface area contributed by atoms with E-state index in [1.54, 1.807) is 0 Å². The van der Waals surface area contributed by atoms with Crippen LogP contribution in [-0.4, -0.2) is 47.5 Å². The van der Waals surface area contributed by atoms with E-state index in [1.165, 1.54) is 6.42 Å². The van der Waals surface area contributed by atoms with Crippen LogP contribution in [0.25, 0.3) is 0 Å². The Bertz CT molecular complexity index is 195. The second-order valence-corrected chi connectivity index (χ2v) is 6.31. The maximum Gasteiger partial charge on any atom is 0.0821 e. The molecule has 0 aliphatic carbocycles. The molecule has 3 nitrogen and oxygen atoms in total. The molecule has 0 saturated heterocycles. The Morgan fingerprint density at radius 1 is 0.944 bits per heavy atom. The van der Waals surface area contributed by atoms with Crippen molar-refractivity contribution in [3.05, 3.63) is 0 Å². The fourth-order valence-corrected chi connectivity index (χ4v) is 2.24. The molecular formula is C15H33NO2. The predicted octanol–water partition coefficient (Wildman–Crippen LogP) is 2.51. The number of hydrogen-bond donors (Lipinski definition) is 2. The third-order valence-corrected chi connectivity index (χ3v) is 3.29. The molecule has 2 N–H and O–H groups in total.